The Hall–Kier alpha value is -1.06. The average molecular weight is 215 g/mol. The molecule has 0 bridgehead atoms. The minimum absolute atomic E-state index is 0.0833. The first-order valence-corrected chi connectivity index (χ1v) is 5.26. The number of amides is 1. The maximum atomic E-state index is 10.5. The third-order valence-electron chi connectivity index (χ3n) is 2.65. The van der Waals surface area contributed by atoms with Crippen LogP contribution < -0.4 is 5.32 Å². The van der Waals surface area contributed by atoms with Gasteiger partial charge < -0.3 is 10.4 Å². The summed E-state index contributed by atoms with van der Waals surface area (Å²) in [5.74, 6) is -0.436. The second-order valence-corrected chi connectivity index (χ2v) is 4.86. The number of carboxylic acid groups (broad SMARTS) is 1. The summed E-state index contributed by atoms with van der Waals surface area (Å²) >= 11 is 0. The molecule has 1 atom stereocenters. The monoisotopic (exact) mass is 215 g/mol. The summed E-state index contributed by atoms with van der Waals surface area (Å²) in [6, 6.07) is 0. The van der Waals surface area contributed by atoms with Gasteiger partial charge in [-0.25, -0.2) is 0 Å². The third-order valence-corrected chi connectivity index (χ3v) is 2.65. The third kappa shape index (κ3) is 6.94. The summed E-state index contributed by atoms with van der Waals surface area (Å²) in [6.45, 7) is 6.91. The molecule has 2 N–H and O–H groups in total. The van der Waals surface area contributed by atoms with Gasteiger partial charge in [-0.05, 0) is 24.2 Å². The predicted octanol–water partition coefficient (Wildman–Crippen LogP) is 1.65. The van der Waals surface area contributed by atoms with Crippen molar-refractivity contribution < 1.29 is 14.7 Å². The number of nitrogens with one attached hydrogen (secondary N) is 1. The largest absolute Gasteiger partial charge is 0.481 e. The summed E-state index contributed by atoms with van der Waals surface area (Å²) in [4.78, 5) is 20.6. The van der Waals surface area contributed by atoms with E-state index in [0.717, 1.165) is 6.42 Å². The molecule has 0 heterocycles. The van der Waals surface area contributed by atoms with Gasteiger partial charge in [-0.2, -0.15) is 0 Å². The Balaban J connectivity index is 4.07. The van der Waals surface area contributed by atoms with Gasteiger partial charge in [0.15, 0.2) is 0 Å². The summed E-state index contributed by atoms with van der Waals surface area (Å²) in [5.41, 5.74) is 0.0833. The number of carboxylic acids is 1. The van der Waals surface area contributed by atoms with Gasteiger partial charge in [0.25, 0.3) is 0 Å². The fourth-order valence-electron chi connectivity index (χ4n) is 1.62. The molecule has 0 aliphatic rings. The highest BCUT2D eigenvalue weighted by molar-refractivity contribution is 5.66. The molecule has 0 aliphatic carbocycles. The Bertz CT molecular complexity index is 208. The molecule has 0 saturated carbocycles. The van der Waals surface area contributed by atoms with E-state index in [2.05, 4.69) is 26.1 Å². The van der Waals surface area contributed by atoms with Crippen LogP contribution in [0.15, 0.2) is 0 Å². The average Bonchev–Trinajstić information content (AvgIpc) is 2.08. The molecule has 1 unspecified atom stereocenters. The molecule has 0 aliphatic heterocycles. The van der Waals surface area contributed by atoms with Crippen LogP contribution in [-0.2, 0) is 9.59 Å². The molecule has 4 nitrogen and oxygen atoms in total. The Labute approximate surface area is 91.1 Å². The fraction of sp³-hybridized carbons (Fsp3) is 0.818. The van der Waals surface area contributed by atoms with E-state index >= 15 is 0 Å². The molecule has 0 radical (unpaired) electrons. The highest BCUT2D eigenvalue weighted by Crippen LogP contribution is 2.32. The zero-order valence-corrected chi connectivity index (χ0v) is 9.75. The van der Waals surface area contributed by atoms with Crippen LogP contribution >= 0.6 is 0 Å². The lowest BCUT2D eigenvalue weighted by molar-refractivity contribution is -0.137. The molecular formula is C11H21NO3. The molecule has 0 aromatic carbocycles. The minimum atomic E-state index is -0.757. The van der Waals surface area contributed by atoms with Gasteiger partial charge >= 0.3 is 5.97 Å². The van der Waals surface area contributed by atoms with E-state index in [1.54, 1.807) is 0 Å². The van der Waals surface area contributed by atoms with Crippen molar-refractivity contribution in [1.29, 1.82) is 0 Å². The minimum Gasteiger partial charge on any atom is -0.481 e. The first-order chi connectivity index (χ1) is 6.88. The van der Waals surface area contributed by atoms with Crippen molar-refractivity contribution in [2.45, 2.75) is 40.0 Å². The van der Waals surface area contributed by atoms with Crippen molar-refractivity contribution in [2.24, 2.45) is 11.3 Å². The first kappa shape index (κ1) is 13.9. The molecule has 0 fully saturated rings. The Morgan fingerprint density at radius 3 is 2.40 bits per heavy atom. The lowest BCUT2D eigenvalue weighted by Gasteiger charge is -2.30. The molecule has 0 saturated heterocycles. The second kappa shape index (κ2) is 6.43. The molecular weight excluding hydrogens is 194 g/mol. The fourth-order valence-corrected chi connectivity index (χ4v) is 1.62. The van der Waals surface area contributed by atoms with Gasteiger partial charge in [0, 0.05) is 13.0 Å². The number of aliphatic carboxylic acids is 1. The van der Waals surface area contributed by atoms with Gasteiger partial charge in [-0.1, -0.05) is 20.8 Å². The molecule has 0 aromatic rings. The summed E-state index contributed by atoms with van der Waals surface area (Å²) in [6.07, 6.45) is 2.37. The summed E-state index contributed by atoms with van der Waals surface area (Å²) in [7, 11) is 0. The lowest BCUT2D eigenvalue weighted by atomic mass is 9.76. The van der Waals surface area contributed by atoms with Crippen molar-refractivity contribution in [3.63, 3.8) is 0 Å². The van der Waals surface area contributed by atoms with E-state index in [-0.39, 0.29) is 11.8 Å². The van der Waals surface area contributed by atoms with Crippen LogP contribution in [0, 0.1) is 11.3 Å². The normalized spacial score (nSPS) is 13.3. The van der Waals surface area contributed by atoms with E-state index in [4.69, 9.17) is 5.11 Å². The van der Waals surface area contributed by atoms with Crippen molar-refractivity contribution in [3.05, 3.63) is 0 Å². The number of hydrogen-bond donors (Lipinski definition) is 2. The molecule has 0 spiro atoms. The molecule has 1 amide bonds. The van der Waals surface area contributed by atoms with Gasteiger partial charge in [-0.15, -0.1) is 0 Å². The topological polar surface area (TPSA) is 66.4 Å². The highest BCUT2D eigenvalue weighted by Gasteiger charge is 2.24. The summed E-state index contributed by atoms with van der Waals surface area (Å²) in [5, 5.41) is 11.2. The van der Waals surface area contributed by atoms with Crippen LogP contribution in [-0.4, -0.2) is 24.0 Å². The van der Waals surface area contributed by atoms with Gasteiger partial charge in [0.05, 0.1) is 0 Å². The number of rotatable bonds is 7. The van der Waals surface area contributed by atoms with E-state index in [1.165, 1.54) is 0 Å². The van der Waals surface area contributed by atoms with E-state index in [9.17, 15) is 9.59 Å². The summed E-state index contributed by atoms with van der Waals surface area (Å²) < 4.78 is 0. The standard InChI is InChI=1S/C11H21NO3/c1-11(2,3)9(4-5-10(14)15)6-7-12-8-13/h8-9H,4-7H2,1-3H3,(H,12,13)(H,14,15). The number of carbonyl (C=O) groups is 2. The molecule has 0 rings (SSSR count). The second-order valence-electron chi connectivity index (χ2n) is 4.86. The van der Waals surface area contributed by atoms with Gasteiger partial charge in [0.1, 0.15) is 0 Å². The van der Waals surface area contributed by atoms with Crippen molar-refractivity contribution in [2.75, 3.05) is 6.54 Å². The van der Waals surface area contributed by atoms with Crippen LogP contribution in [0.1, 0.15) is 40.0 Å². The Morgan fingerprint density at radius 2 is 2.00 bits per heavy atom. The smallest absolute Gasteiger partial charge is 0.303 e. The van der Waals surface area contributed by atoms with Crippen molar-refractivity contribution >= 4 is 12.4 Å². The predicted molar refractivity (Wildman–Crippen MR) is 58.5 cm³/mol. The van der Waals surface area contributed by atoms with E-state index < -0.39 is 5.97 Å². The number of carbonyl (C=O) groups excluding carboxylic acids is 1. The van der Waals surface area contributed by atoms with Crippen molar-refractivity contribution in [3.8, 4) is 0 Å². The van der Waals surface area contributed by atoms with E-state index in [0.29, 0.717) is 25.3 Å². The number of hydrogen-bond acceptors (Lipinski definition) is 2. The van der Waals surface area contributed by atoms with Crippen LogP contribution in [0.5, 0.6) is 0 Å². The van der Waals surface area contributed by atoms with E-state index in [1.807, 2.05) is 0 Å². The van der Waals surface area contributed by atoms with Gasteiger partial charge in [0.2, 0.25) is 6.41 Å². The zero-order valence-electron chi connectivity index (χ0n) is 9.75. The Morgan fingerprint density at radius 1 is 1.40 bits per heavy atom. The molecule has 4 heteroatoms. The molecule has 15 heavy (non-hydrogen) atoms. The zero-order chi connectivity index (χ0) is 11.9. The van der Waals surface area contributed by atoms with Crippen LogP contribution in [0.25, 0.3) is 0 Å². The van der Waals surface area contributed by atoms with Crippen LogP contribution in [0.2, 0.25) is 0 Å². The molecule has 0 aromatic heterocycles. The molecule has 88 valence electrons. The Kier molecular flexibility index (Phi) is 5.97. The maximum Gasteiger partial charge on any atom is 0.303 e. The quantitative estimate of drug-likeness (QED) is 0.501. The lowest BCUT2D eigenvalue weighted by Crippen LogP contribution is -2.26. The van der Waals surface area contributed by atoms with Crippen molar-refractivity contribution in [1.82, 2.24) is 5.32 Å². The van der Waals surface area contributed by atoms with Crippen LogP contribution in [0.4, 0.5) is 0 Å². The van der Waals surface area contributed by atoms with Crippen LogP contribution in [0.3, 0.4) is 0 Å². The maximum absolute atomic E-state index is 10.5. The van der Waals surface area contributed by atoms with Gasteiger partial charge in [-0.3, -0.25) is 9.59 Å². The first-order valence-electron chi connectivity index (χ1n) is 5.26. The highest BCUT2D eigenvalue weighted by atomic mass is 16.4. The SMILES string of the molecule is CC(C)(C)C(CCNC=O)CCC(=O)O.